The minimum Gasteiger partial charge on any atom is -0.481 e. The van der Waals surface area contributed by atoms with Crippen LogP contribution in [0.3, 0.4) is 0 Å². The van der Waals surface area contributed by atoms with Gasteiger partial charge >= 0.3 is 17.9 Å². The molecule has 0 rings (SSSR count). The predicted molar refractivity (Wildman–Crippen MR) is 125 cm³/mol. The first-order chi connectivity index (χ1) is 16.2. The van der Waals surface area contributed by atoms with Gasteiger partial charge in [-0.3, -0.25) is 43.4 Å². The number of nitrogens with zero attached hydrogens (tertiary/aromatic N) is 2. The smallest absolute Gasteiger partial charge is 0.323 e. The highest BCUT2D eigenvalue weighted by Crippen LogP contribution is 2.15. The Balaban J connectivity index is 6.28. The number of imide groups is 2. The summed E-state index contributed by atoms with van der Waals surface area (Å²) in [6.07, 6.45) is -2.08. The molecule has 198 valence electrons. The van der Waals surface area contributed by atoms with Gasteiger partial charge in [0.1, 0.15) is 18.6 Å². The van der Waals surface area contributed by atoms with E-state index in [-0.39, 0.29) is 10.7 Å². The van der Waals surface area contributed by atoms with Crippen LogP contribution >= 0.6 is 25.3 Å². The molecule has 0 aliphatic heterocycles. The average molecular weight is 540 g/mol. The van der Waals surface area contributed by atoms with Crippen LogP contribution in [0.1, 0.15) is 25.7 Å². The number of aliphatic carboxylic acids is 3. The Morgan fingerprint density at radius 3 is 1.66 bits per heavy atom. The number of carboxylic acids is 3. The molecular weight excluding hydrogens is 510 g/mol. The van der Waals surface area contributed by atoms with E-state index in [0.29, 0.717) is 4.90 Å². The number of amides is 4. The Hall–Kier alpha value is -2.73. The summed E-state index contributed by atoms with van der Waals surface area (Å²) in [4.78, 5) is 85.2. The van der Waals surface area contributed by atoms with Crippen LogP contribution in [0.2, 0.25) is 0 Å². The van der Waals surface area contributed by atoms with Crippen molar-refractivity contribution in [2.45, 2.75) is 49.9 Å². The summed E-state index contributed by atoms with van der Waals surface area (Å²) in [6, 6.07) is -6.32. The summed E-state index contributed by atoms with van der Waals surface area (Å²) >= 11 is 7.78. The van der Waals surface area contributed by atoms with Crippen LogP contribution in [0.5, 0.6) is 0 Å². The van der Waals surface area contributed by atoms with Crippen molar-refractivity contribution < 1.29 is 48.9 Å². The monoisotopic (exact) mass is 539 g/mol. The lowest BCUT2D eigenvalue weighted by atomic mass is 10.1. The number of thiol groups is 2. The average Bonchev–Trinajstić information content (AvgIpc) is 2.80. The largest absolute Gasteiger partial charge is 0.481 e. The van der Waals surface area contributed by atoms with E-state index in [1.165, 1.54) is 0 Å². The van der Waals surface area contributed by atoms with Crippen LogP contribution in [0, 0.1) is 0 Å². The van der Waals surface area contributed by atoms with Crippen LogP contribution in [-0.4, -0.2) is 109 Å². The zero-order valence-corrected chi connectivity index (χ0v) is 20.3. The van der Waals surface area contributed by atoms with Crippen molar-refractivity contribution in [3.8, 4) is 0 Å². The molecule has 15 nitrogen and oxygen atoms in total. The summed E-state index contributed by atoms with van der Waals surface area (Å²) in [7, 11) is 0. The fourth-order valence-corrected chi connectivity index (χ4v) is 3.16. The van der Waals surface area contributed by atoms with E-state index in [1.54, 1.807) is 0 Å². The van der Waals surface area contributed by atoms with E-state index >= 15 is 0 Å². The third kappa shape index (κ3) is 10.2. The molecule has 0 aliphatic rings. The lowest BCUT2D eigenvalue weighted by molar-refractivity contribution is -0.161. The Bertz CT molecular complexity index is 842. The highest BCUT2D eigenvalue weighted by molar-refractivity contribution is 7.80. The molecule has 0 saturated heterocycles. The van der Waals surface area contributed by atoms with Gasteiger partial charge in [-0.15, -0.1) is 0 Å². The van der Waals surface area contributed by atoms with E-state index in [9.17, 15) is 33.6 Å². The molecule has 0 aromatic carbocycles. The molecule has 0 unspecified atom stereocenters. The van der Waals surface area contributed by atoms with Gasteiger partial charge in [0.15, 0.2) is 0 Å². The summed E-state index contributed by atoms with van der Waals surface area (Å²) in [5.41, 5.74) is 16.7. The molecule has 0 saturated carbocycles. The van der Waals surface area contributed by atoms with E-state index in [4.69, 9.17) is 32.5 Å². The zero-order chi connectivity index (χ0) is 27.5. The van der Waals surface area contributed by atoms with Crippen LogP contribution < -0.4 is 17.2 Å². The standard InChI is InChI=1S/C18H29N5O10S2/c19-8(2-4-13(25)26)16(30)23(12(24)3-1-9(20)18(32)33)11(7-35)17(31)22(5-14(27)28)15(29)10(21)6-34/h8-11,34-35H,1-7,19-21H2,(H,25,26)(H,27,28)(H,32,33)/t8-,9-,10-,11-/m0/s1. The molecule has 4 atom stereocenters. The Morgan fingerprint density at radius 2 is 1.23 bits per heavy atom. The van der Waals surface area contributed by atoms with Gasteiger partial charge in [0, 0.05) is 24.3 Å². The predicted octanol–water partition coefficient (Wildman–Crippen LogP) is -3.28. The van der Waals surface area contributed by atoms with Crippen LogP contribution in [0.4, 0.5) is 0 Å². The number of carbonyl (C=O) groups excluding carboxylic acids is 4. The van der Waals surface area contributed by atoms with Crippen molar-refractivity contribution in [1.82, 2.24) is 9.80 Å². The highest BCUT2D eigenvalue weighted by atomic mass is 32.1. The molecule has 0 radical (unpaired) electrons. The molecule has 4 amide bonds. The van der Waals surface area contributed by atoms with E-state index in [2.05, 4.69) is 25.3 Å². The normalized spacial score (nSPS) is 14.2. The number of carbonyl (C=O) groups is 7. The number of rotatable bonds is 15. The molecule has 35 heavy (non-hydrogen) atoms. The Kier molecular flexibility index (Phi) is 14.1. The van der Waals surface area contributed by atoms with Gasteiger partial charge in [-0.1, -0.05) is 0 Å². The first-order valence-corrected chi connectivity index (χ1v) is 11.3. The molecule has 0 bridgehead atoms. The van der Waals surface area contributed by atoms with Gasteiger partial charge in [0.05, 0.1) is 12.1 Å². The van der Waals surface area contributed by atoms with Crippen molar-refractivity contribution >= 4 is 66.8 Å². The van der Waals surface area contributed by atoms with Gasteiger partial charge < -0.3 is 32.5 Å². The fourth-order valence-electron chi connectivity index (χ4n) is 2.68. The maximum absolute atomic E-state index is 13.2. The maximum atomic E-state index is 13.2. The molecule has 0 spiro atoms. The highest BCUT2D eigenvalue weighted by Gasteiger charge is 2.41. The second-order valence-electron chi connectivity index (χ2n) is 7.27. The molecule has 0 aliphatic carbocycles. The second kappa shape index (κ2) is 15.3. The first-order valence-electron chi connectivity index (χ1n) is 10.0. The topological polar surface area (TPSA) is 265 Å². The van der Waals surface area contributed by atoms with Crippen molar-refractivity contribution in [2.75, 3.05) is 18.1 Å². The fraction of sp³-hybridized carbons (Fsp3) is 0.611. The van der Waals surface area contributed by atoms with E-state index in [1.807, 2.05) is 0 Å². The number of hydrogen-bond acceptors (Lipinski definition) is 12. The third-order valence-electron chi connectivity index (χ3n) is 4.59. The number of nitrogens with two attached hydrogens (primary N) is 3. The lowest BCUT2D eigenvalue weighted by Gasteiger charge is -2.33. The summed E-state index contributed by atoms with van der Waals surface area (Å²) in [5, 5.41) is 26.9. The molecule has 0 heterocycles. The summed E-state index contributed by atoms with van der Waals surface area (Å²) in [5.74, 6) is -9.99. The minimum absolute atomic E-state index is 0.226. The summed E-state index contributed by atoms with van der Waals surface area (Å²) < 4.78 is 0. The van der Waals surface area contributed by atoms with Gasteiger partial charge in [0.2, 0.25) is 17.7 Å². The van der Waals surface area contributed by atoms with Crippen LogP contribution in [-0.2, 0) is 33.6 Å². The Morgan fingerprint density at radius 1 is 0.686 bits per heavy atom. The van der Waals surface area contributed by atoms with Crippen molar-refractivity contribution in [3.05, 3.63) is 0 Å². The first kappa shape index (κ1) is 32.3. The summed E-state index contributed by atoms with van der Waals surface area (Å²) in [6.45, 7) is -1.16. The molecule has 17 heteroatoms. The molecule has 0 aromatic heterocycles. The molecular formula is C18H29N5O10S2. The second-order valence-corrected chi connectivity index (χ2v) is 8.00. The van der Waals surface area contributed by atoms with Crippen LogP contribution in [0.15, 0.2) is 0 Å². The molecule has 0 fully saturated rings. The maximum Gasteiger partial charge on any atom is 0.323 e. The zero-order valence-electron chi connectivity index (χ0n) is 18.5. The SMILES string of the molecule is N[C@@H](CCC(=O)N(C(=O)[C@@H](N)CCC(=O)O)[C@@H](CS)C(=O)N(CC(=O)O)C(=O)[C@@H](N)CS)C(=O)O. The van der Waals surface area contributed by atoms with Gasteiger partial charge in [-0.2, -0.15) is 25.3 Å². The van der Waals surface area contributed by atoms with Crippen molar-refractivity contribution in [2.24, 2.45) is 17.2 Å². The molecule has 9 N–H and O–H groups in total. The third-order valence-corrected chi connectivity index (χ3v) is 5.33. The van der Waals surface area contributed by atoms with Crippen molar-refractivity contribution in [3.63, 3.8) is 0 Å². The van der Waals surface area contributed by atoms with E-state index < -0.39 is 104 Å². The number of hydrogen-bond donors (Lipinski definition) is 8. The quantitative estimate of drug-likeness (QED) is 0.0950. The Labute approximate surface area is 210 Å². The molecule has 0 aromatic rings. The van der Waals surface area contributed by atoms with Gasteiger partial charge in [-0.05, 0) is 12.8 Å². The van der Waals surface area contributed by atoms with E-state index in [0.717, 1.165) is 0 Å². The van der Waals surface area contributed by atoms with Gasteiger partial charge in [-0.25, -0.2) is 0 Å². The number of carboxylic acid groups (broad SMARTS) is 3. The van der Waals surface area contributed by atoms with Gasteiger partial charge in [0.25, 0.3) is 5.91 Å². The minimum atomic E-state index is -1.86. The van der Waals surface area contributed by atoms with Crippen molar-refractivity contribution in [1.29, 1.82) is 0 Å². The van der Waals surface area contributed by atoms with Crippen LogP contribution in [0.25, 0.3) is 0 Å². The lowest BCUT2D eigenvalue weighted by Crippen LogP contribution is -2.61.